The number of anilines is 2. The smallest absolute Gasteiger partial charge is 0.340 e. The average Bonchev–Trinajstić information content (AvgIpc) is 2.69. The van der Waals surface area contributed by atoms with Gasteiger partial charge in [-0.25, -0.2) is 9.78 Å². The van der Waals surface area contributed by atoms with Crippen LogP contribution >= 0.6 is 0 Å². The third kappa shape index (κ3) is 4.20. The standard InChI is InChI=1S/C20H23N3O3/c1-2-26-20(25)16-8-4-5-9-17(16)22-18-11-10-15(14-21-18)19(24)23-12-6-3-7-13-23/h4-5,8-11,14H,2-3,6-7,12-13H2,1H3,(H,21,22). The maximum atomic E-state index is 12.5. The molecule has 0 radical (unpaired) electrons. The highest BCUT2D eigenvalue weighted by atomic mass is 16.5. The predicted octanol–water partition coefficient (Wildman–Crippen LogP) is 3.63. The van der Waals surface area contributed by atoms with Crippen molar-refractivity contribution >= 4 is 23.4 Å². The number of pyridine rings is 1. The van der Waals surface area contributed by atoms with Crippen molar-refractivity contribution in [2.45, 2.75) is 26.2 Å². The van der Waals surface area contributed by atoms with Crippen LogP contribution < -0.4 is 5.32 Å². The third-order valence-corrected chi connectivity index (χ3v) is 4.34. The fourth-order valence-corrected chi connectivity index (χ4v) is 2.99. The van der Waals surface area contributed by atoms with E-state index in [2.05, 4.69) is 10.3 Å². The number of piperidine rings is 1. The number of hydrogen-bond donors (Lipinski definition) is 1. The zero-order valence-electron chi connectivity index (χ0n) is 14.9. The number of ether oxygens (including phenoxy) is 1. The molecule has 6 nitrogen and oxygen atoms in total. The van der Waals surface area contributed by atoms with Gasteiger partial charge in [0.1, 0.15) is 5.82 Å². The molecule has 0 aliphatic carbocycles. The number of hydrogen-bond acceptors (Lipinski definition) is 5. The lowest BCUT2D eigenvalue weighted by Gasteiger charge is -2.26. The summed E-state index contributed by atoms with van der Waals surface area (Å²) in [6.45, 7) is 3.71. The molecule has 0 saturated carbocycles. The van der Waals surface area contributed by atoms with Gasteiger partial charge in [0.15, 0.2) is 0 Å². The zero-order chi connectivity index (χ0) is 18.4. The molecule has 2 heterocycles. The summed E-state index contributed by atoms with van der Waals surface area (Å²) in [5.41, 5.74) is 1.65. The summed E-state index contributed by atoms with van der Waals surface area (Å²) < 4.78 is 5.07. The molecule has 1 amide bonds. The molecule has 1 N–H and O–H groups in total. The Morgan fingerprint density at radius 3 is 2.58 bits per heavy atom. The molecule has 1 aromatic heterocycles. The largest absolute Gasteiger partial charge is 0.462 e. The number of aromatic nitrogens is 1. The number of amides is 1. The Balaban J connectivity index is 1.72. The number of para-hydroxylation sites is 1. The summed E-state index contributed by atoms with van der Waals surface area (Å²) in [6, 6.07) is 10.6. The van der Waals surface area contributed by atoms with Gasteiger partial charge in [0.25, 0.3) is 5.91 Å². The highest BCUT2D eigenvalue weighted by Crippen LogP contribution is 2.21. The van der Waals surface area contributed by atoms with E-state index in [1.165, 1.54) is 6.42 Å². The maximum Gasteiger partial charge on any atom is 0.340 e. The van der Waals surface area contributed by atoms with Gasteiger partial charge in [0.05, 0.1) is 23.4 Å². The van der Waals surface area contributed by atoms with Crippen molar-refractivity contribution in [3.63, 3.8) is 0 Å². The number of esters is 1. The van der Waals surface area contributed by atoms with Gasteiger partial charge in [-0.2, -0.15) is 0 Å². The van der Waals surface area contributed by atoms with Gasteiger partial charge in [-0.15, -0.1) is 0 Å². The normalized spacial score (nSPS) is 14.0. The molecule has 2 aromatic rings. The Kier molecular flexibility index (Phi) is 5.84. The highest BCUT2D eigenvalue weighted by Gasteiger charge is 2.18. The molecule has 1 aromatic carbocycles. The molecular formula is C20H23N3O3. The van der Waals surface area contributed by atoms with Gasteiger partial charge in [-0.3, -0.25) is 4.79 Å². The van der Waals surface area contributed by atoms with E-state index in [1.807, 2.05) is 11.0 Å². The van der Waals surface area contributed by atoms with Gasteiger partial charge >= 0.3 is 5.97 Å². The lowest BCUT2D eigenvalue weighted by atomic mass is 10.1. The van der Waals surface area contributed by atoms with E-state index < -0.39 is 0 Å². The van der Waals surface area contributed by atoms with E-state index in [1.54, 1.807) is 43.5 Å². The fourth-order valence-electron chi connectivity index (χ4n) is 2.99. The van der Waals surface area contributed by atoms with E-state index in [0.717, 1.165) is 25.9 Å². The summed E-state index contributed by atoms with van der Waals surface area (Å²) in [5, 5.41) is 3.12. The lowest BCUT2D eigenvalue weighted by molar-refractivity contribution is 0.0527. The number of nitrogens with one attached hydrogen (secondary N) is 1. The second-order valence-corrected chi connectivity index (χ2v) is 6.18. The molecule has 0 unspecified atom stereocenters. The van der Waals surface area contributed by atoms with Crippen molar-refractivity contribution in [3.8, 4) is 0 Å². The Morgan fingerprint density at radius 2 is 1.88 bits per heavy atom. The average molecular weight is 353 g/mol. The van der Waals surface area contributed by atoms with Crippen LogP contribution in [0.5, 0.6) is 0 Å². The molecule has 6 heteroatoms. The second kappa shape index (κ2) is 8.47. The van der Waals surface area contributed by atoms with E-state index in [9.17, 15) is 9.59 Å². The van der Waals surface area contributed by atoms with Crippen LogP contribution in [0.4, 0.5) is 11.5 Å². The molecule has 0 bridgehead atoms. The molecule has 3 rings (SSSR count). The number of likely N-dealkylation sites (tertiary alicyclic amines) is 1. The highest BCUT2D eigenvalue weighted by molar-refractivity contribution is 5.96. The molecule has 1 aliphatic rings. The van der Waals surface area contributed by atoms with Gasteiger partial charge in [-0.1, -0.05) is 12.1 Å². The summed E-state index contributed by atoms with van der Waals surface area (Å²) in [7, 11) is 0. The lowest BCUT2D eigenvalue weighted by Crippen LogP contribution is -2.35. The minimum atomic E-state index is -0.382. The number of nitrogens with zero attached hydrogens (tertiary/aromatic N) is 2. The molecule has 26 heavy (non-hydrogen) atoms. The predicted molar refractivity (Wildman–Crippen MR) is 99.7 cm³/mol. The van der Waals surface area contributed by atoms with E-state index in [0.29, 0.717) is 29.2 Å². The fraction of sp³-hybridized carbons (Fsp3) is 0.350. The first-order valence-corrected chi connectivity index (χ1v) is 8.97. The summed E-state index contributed by atoms with van der Waals surface area (Å²) in [6.07, 6.45) is 4.88. The molecule has 0 atom stereocenters. The monoisotopic (exact) mass is 353 g/mol. The van der Waals surface area contributed by atoms with E-state index in [-0.39, 0.29) is 11.9 Å². The quantitative estimate of drug-likeness (QED) is 0.831. The van der Waals surface area contributed by atoms with Crippen LogP contribution in [0.2, 0.25) is 0 Å². The molecule has 136 valence electrons. The molecule has 0 spiro atoms. The SMILES string of the molecule is CCOC(=O)c1ccccc1Nc1ccc(C(=O)N2CCCCC2)cn1. The van der Waals surface area contributed by atoms with Crippen LogP contribution in [0.1, 0.15) is 46.9 Å². The van der Waals surface area contributed by atoms with Gasteiger partial charge < -0.3 is 15.0 Å². The Morgan fingerprint density at radius 1 is 1.12 bits per heavy atom. The van der Waals surface area contributed by atoms with Crippen LogP contribution in [0.15, 0.2) is 42.6 Å². The Bertz CT molecular complexity index is 768. The van der Waals surface area contributed by atoms with Crippen LogP contribution in [0.3, 0.4) is 0 Å². The van der Waals surface area contributed by atoms with E-state index >= 15 is 0 Å². The maximum absolute atomic E-state index is 12.5. The molecule has 1 aliphatic heterocycles. The van der Waals surface area contributed by atoms with Crippen molar-refractivity contribution in [2.24, 2.45) is 0 Å². The minimum Gasteiger partial charge on any atom is -0.462 e. The van der Waals surface area contributed by atoms with E-state index in [4.69, 9.17) is 4.74 Å². The molecular weight excluding hydrogens is 330 g/mol. The van der Waals surface area contributed by atoms with Crippen LogP contribution in [-0.2, 0) is 4.74 Å². The third-order valence-electron chi connectivity index (χ3n) is 4.34. The van der Waals surface area contributed by atoms with Crippen LogP contribution in [0.25, 0.3) is 0 Å². The first-order chi connectivity index (χ1) is 12.7. The summed E-state index contributed by atoms with van der Waals surface area (Å²) in [4.78, 5) is 30.7. The van der Waals surface area contributed by atoms with Crippen LogP contribution in [0, 0.1) is 0 Å². The second-order valence-electron chi connectivity index (χ2n) is 6.18. The minimum absolute atomic E-state index is 0.0238. The van der Waals surface area contributed by atoms with Crippen molar-refractivity contribution in [2.75, 3.05) is 25.0 Å². The first kappa shape index (κ1) is 17.9. The summed E-state index contributed by atoms with van der Waals surface area (Å²) >= 11 is 0. The number of benzene rings is 1. The van der Waals surface area contributed by atoms with Crippen molar-refractivity contribution in [1.82, 2.24) is 9.88 Å². The van der Waals surface area contributed by atoms with Crippen molar-refractivity contribution < 1.29 is 14.3 Å². The molecule has 1 saturated heterocycles. The van der Waals surface area contributed by atoms with Gasteiger partial charge in [0, 0.05) is 19.3 Å². The van der Waals surface area contributed by atoms with Crippen molar-refractivity contribution in [1.29, 1.82) is 0 Å². The van der Waals surface area contributed by atoms with Crippen molar-refractivity contribution in [3.05, 3.63) is 53.7 Å². The number of carbonyl (C=O) groups excluding carboxylic acids is 2. The Labute approximate surface area is 153 Å². The van der Waals surface area contributed by atoms with Gasteiger partial charge in [-0.05, 0) is 50.5 Å². The summed E-state index contributed by atoms with van der Waals surface area (Å²) in [5.74, 6) is 0.208. The number of rotatable bonds is 5. The van der Waals surface area contributed by atoms with Gasteiger partial charge in [0.2, 0.25) is 0 Å². The first-order valence-electron chi connectivity index (χ1n) is 8.97. The molecule has 1 fully saturated rings. The topological polar surface area (TPSA) is 71.5 Å². The zero-order valence-corrected chi connectivity index (χ0v) is 14.9. The van der Waals surface area contributed by atoms with Crippen LogP contribution in [-0.4, -0.2) is 41.5 Å². The number of carbonyl (C=O) groups is 2. The Hall–Kier alpha value is -2.89.